The van der Waals surface area contributed by atoms with Crippen molar-refractivity contribution in [2.24, 2.45) is 28.7 Å². The van der Waals surface area contributed by atoms with Crippen LogP contribution in [0.15, 0.2) is 44.7 Å². The molecule has 1 atom stereocenters. The second-order valence-corrected chi connectivity index (χ2v) is 5.48. The van der Waals surface area contributed by atoms with E-state index in [1.807, 2.05) is 0 Å². The largest absolute Gasteiger partial charge is 0.398 e. The van der Waals surface area contributed by atoms with Crippen LogP contribution in [0.3, 0.4) is 0 Å². The summed E-state index contributed by atoms with van der Waals surface area (Å²) < 4.78 is 0. The average Bonchev–Trinajstić information content (AvgIpc) is 2.68. The van der Waals surface area contributed by atoms with Crippen molar-refractivity contribution in [1.29, 1.82) is 0 Å². The van der Waals surface area contributed by atoms with Crippen LogP contribution in [0.1, 0.15) is 6.92 Å². The van der Waals surface area contributed by atoms with E-state index in [2.05, 4.69) is 0 Å². The number of carbonyl (C=O) groups is 2. The van der Waals surface area contributed by atoms with Gasteiger partial charge in [0.05, 0.1) is 17.1 Å². The third-order valence-corrected chi connectivity index (χ3v) is 4.67. The number of hydrogen-bond acceptors (Lipinski definition) is 7. The Morgan fingerprint density at radius 2 is 1.16 bits per heavy atom. The van der Waals surface area contributed by atoms with Gasteiger partial charge in [0.2, 0.25) is 11.6 Å². The van der Waals surface area contributed by atoms with Crippen LogP contribution in [-0.2, 0) is 9.59 Å². The van der Waals surface area contributed by atoms with Crippen LogP contribution >= 0.6 is 8.58 Å². The molecule has 0 radical (unpaired) electrons. The highest BCUT2D eigenvalue weighted by atomic mass is 31.1. The first-order valence-corrected chi connectivity index (χ1v) is 6.35. The maximum atomic E-state index is 11.7. The van der Waals surface area contributed by atoms with E-state index in [1.165, 1.54) is 0 Å². The molecule has 0 heterocycles. The Kier molecular flexibility index (Phi) is 2.87. The Labute approximate surface area is 111 Å². The Bertz CT molecular complexity index is 598. The molecule has 0 bridgehead atoms. The van der Waals surface area contributed by atoms with Crippen molar-refractivity contribution < 1.29 is 9.59 Å². The summed E-state index contributed by atoms with van der Waals surface area (Å²) in [7, 11) is -0.173. The molecule has 1 unspecified atom stereocenters. The lowest BCUT2D eigenvalue weighted by Gasteiger charge is -2.09. The second-order valence-electron chi connectivity index (χ2n) is 4.23. The van der Waals surface area contributed by atoms with Crippen LogP contribution in [0.5, 0.6) is 0 Å². The van der Waals surface area contributed by atoms with Crippen LogP contribution in [0.2, 0.25) is 0 Å². The molecule has 0 aromatic heterocycles. The van der Waals surface area contributed by atoms with Gasteiger partial charge in [0.15, 0.2) is 0 Å². The highest BCUT2D eigenvalue weighted by Gasteiger charge is 2.32. The SMILES string of the molecule is CC1=C(N)C(PC2=C(N)C(=O)C(N)=C2N)=C(N)C1=O. The van der Waals surface area contributed by atoms with E-state index in [-0.39, 0.29) is 37.2 Å². The van der Waals surface area contributed by atoms with Gasteiger partial charge >= 0.3 is 0 Å². The van der Waals surface area contributed by atoms with Gasteiger partial charge in [0.25, 0.3) is 0 Å². The molecule has 2 aliphatic rings. The fourth-order valence-corrected chi connectivity index (χ4v) is 3.16. The van der Waals surface area contributed by atoms with Crippen molar-refractivity contribution in [3.8, 4) is 0 Å². The second kappa shape index (κ2) is 4.13. The number of ketones is 2. The molecule has 19 heavy (non-hydrogen) atoms. The van der Waals surface area contributed by atoms with Crippen molar-refractivity contribution in [1.82, 2.24) is 0 Å². The third-order valence-electron chi connectivity index (χ3n) is 3.10. The first-order chi connectivity index (χ1) is 8.77. The lowest BCUT2D eigenvalue weighted by atomic mass is 10.2. The lowest BCUT2D eigenvalue weighted by molar-refractivity contribution is -0.112. The Hall–Kier alpha value is -2.27. The summed E-state index contributed by atoms with van der Waals surface area (Å²) in [5, 5.41) is 0.858. The zero-order chi connectivity index (χ0) is 14.5. The van der Waals surface area contributed by atoms with Crippen molar-refractivity contribution >= 4 is 20.1 Å². The maximum absolute atomic E-state index is 11.7. The summed E-state index contributed by atoms with van der Waals surface area (Å²) in [6.07, 6.45) is 0. The minimum absolute atomic E-state index is 0.0153. The molecule has 0 aromatic rings. The van der Waals surface area contributed by atoms with Crippen molar-refractivity contribution in [2.45, 2.75) is 6.92 Å². The molecular weight excluding hydrogens is 265 g/mol. The van der Waals surface area contributed by atoms with E-state index in [0.717, 1.165) is 0 Å². The van der Waals surface area contributed by atoms with Crippen LogP contribution < -0.4 is 28.7 Å². The first-order valence-electron chi connectivity index (χ1n) is 5.35. The zero-order valence-electron chi connectivity index (χ0n) is 10.2. The average molecular weight is 279 g/mol. The minimum atomic E-state index is -0.497. The summed E-state index contributed by atoms with van der Waals surface area (Å²) in [5.41, 5.74) is 29.3. The fraction of sp³-hybridized carbons (Fsp3) is 0.0909. The van der Waals surface area contributed by atoms with Crippen LogP contribution in [0, 0.1) is 0 Å². The van der Waals surface area contributed by atoms with E-state index in [9.17, 15) is 9.59 Å². The summed E-state index contributed by atoms with van der Waals surface area (Å²) in [6.45, 7) is 1.59. The summed E-state index contributed by atoms with van der Waals surface area (Å²) in [5.74, 6) is -0.804. The normalized spacial score (nSPS) is 21.1. The molecule has 10 N–H and O–H groups in total. The smallest absolute Gasteiger partial charge is 0.227 e. The fourth-order valence-electron chi connectivity index (χ4n) is 1.83. The molecule has 0 fully saturated rings. The predicted octanol–water partition coefficient (Wildman–Crippen LogP) is -1.47. The Balaban J connectivity index is 2.45. The van der Waals surface area contributed by atoms with Crippen LogP contribution in [0.4, 0.5) is 0 Å². The Morgan fingerprint density at radius 1 is 0.684 bits per heavy atom. The molecule has 0 aliphatic heterocycles. The third kappa shape index (κ3) is 1.70. The number of allylic oxidation sites excluding steroid dienone is 3. The van der Waals surface area contributed by atoms with Crippen molar-refractivity contribution in [3.63, 3.8) is 0 Å². The van der Waals surface area contributed by atoms with Crippen molar-refractivity contribution in [3.05, 3.63) is 44.7 Å². The lowest BCUT2D eigenvalue weighted by Crippen LogP contribution is -2.15. The number of Topliss-reactive ketones (excluding diaryl/α,β-unsaturated/α-hetero) is 2. The molecule has 0 spiro atoms. The summed E-state index contributed by atoms with van der Waals surface area (Å²) in [4.78, 5) is 23.3. The van der Waals surface area contributed by atoms with Gasteiger partial charge in [0.1, 0.15) is 5.70 Å². The molecule has 8 heteroatoms. The molecular formula is C11H14N5O2P. The molecule has 7 nitrogen and oxygen atoms in total. The maximum Gasteiger partial charge on any atom is 0.227 e. The quantitative estimate of drug-likeness (QED) is 0.385. The van der Waals surface area contributed by atoms with Gasteiger partial charge in [-0.1, -0.05) is 0 Å². The van der Waals surface area contributed by atoms with Crippen LogP contribution in [-0.4, -0.2) is 11.6 Å². The van der Waals surface area contributed by atoms with E-state index in [1.54, 1.807) is 6.92 Å². The minimum Gasteiger partial charge on any atom is -0.398 e. The summed E-state index contributed by atoms with van der Waals surface area (Å²) >= 11 is 0. The Morgan fingerprint density at radius 3 is 1.53 bits per heavy atom. The molecule has 0 aromatic carbocycles. The van der Waals surface area contributed by atoms with Gasteiger partial charge in [-0.3, -0.25) is 9.59 Å². The number of hydrogen-bond donors (Lipinski definition) is 5. The van der Waals surface area contributed by atoms with Gasteiger partial charge in [0, 0.05) is 21.9 Å². The van der Waals surface area contributed by atoms with E-state index in [0.29, 0.717) is 21.9 Å². The van der Waals surface area contributed by atoms with Gasteiger partial charge in [-0.2, -0.15) is 0 Å². The molecule has 0 amide bonds. The summed E-state index contributed by atoms with van der Waals surface area (Å²) in [6, 6.07) is 0. The topological polar surface area (TPSA) is 164 Å². The van der Waals surface area contributed by atoms with Gasteiger partial charge in [-0.25, -0.2) is 0 Å². The zero-order valence-corrected chi connectivity index (χ0v) is 11.2. The highest BCUT2D eigenvalue weighted by molar-refractivity contribution is 7.49. The standard InChI is InChI=1S/C11H14N5O2P/c1-2-3(12)10(6(15)8(2)17)19-11-5(14)4(13)9(18)7(11)16/h19H,12H2,1H3,(H2,15,17)(H6,13,14,16,18). The number of carbonyl (C=O) groups excluding carboxylic acids is 2. The molecule has 2 rings (SSSR count). The van der Waals surface area contributed by atoms with E-state index < -0.39 is 5.78 Å². The monoisotopic (exact) mass is 279 g/mol. The van der Waals surface area contributed by atoms with Crippen molar-refractivity contribution in [2.75, 3.05) is 0 Å². The number of nitrogens with two attached hydrogens (primary N) is 5. The highest BCUT2D eigenvalue weighted by Crippen LogP contribution is 2.46. The first kappa shape index (κ1) is 13.2. The van der Waals surface area contributed by atoms with Gasteiger partial charge < -0.3 is 28.7 Å². The molecule has 2 aliphatic carbocycles. The van der Waals surface area contributed by atoms with E-state index >= 15 is 0 Å². The molecule has 100 valence electrons. The van der Waals surface area contributed by atoms with Gasteiger partial charge in [-0.05, 0) is 15.5 Å². The van der Waals surface area contributed by atoms with E-state index in [4.69, 9.17) is 28.7 Å². The van der Waals surface area contributed by atoms with Gasteiger partial charge in [-0.15, -0.1) is 0 Å². The molecule has 0 saturated heterocycles. The predicted molar refractivity (Wildman–Crippen MR) is 73.0 cm³/mol. The number of rotatable bonds is 2. The van der Waals surface area contributed by atoms with Crippen LogP contribution in [0.25, 0.3) is 0 Å². The molecule has 0 saturated carbocycles.